The molecule has 1 rings (SSSR count). The summed E-state index contributed by atoms with van der Waals surface area (Å²) in [4.78, 5) is 0. The van der Waals surface area contributed by atoms with Crippen LogP contribution >= 0.6 is 0 Å². The van der Waals surface area contributed by atoms with E-state index in [1.165, 1.54) is 24.8 Å². The van der Waals surface area contributed by atoms with Crippen molar-refractivity contribution in [2.24, 2.45) is 11.3 Å². The van der Waals surface area contributed by atoms with Crippen LogP contribution in [-0.2, 0) is 4.74 Å². The van der Waals surface area contributed by atoms with Crippen molar-refractivity contribution in [3.8, 4) is 0 Å². The number of benzene rings is 1. The van der Waals surface area contributed by atoms with Crippen molar-refractivity contribution in [3.63, 3.8) is 0 Å². The van der Waals surface area contributed by atoms with Crippen molar-refractivity contribution >= 4 is 0 Å². The lowest BCUT2D eigenvalue weighted by Crippen LogP contribution is -2.31. The van der Waals surface area contributed by atoms with Gasteiger partial charge in [0.15, 0.2) is 0 Å². The van der Waals surface area contributed by atoms with Crippen LogP contribution in [0.2, 0.25) is 0 Å². The molecule has 0 radical (unpaired) electrons. The van der Waals surface area contributed by atoms with Crippen molar-refractivity contribution in [2.75, 3.05) is 13.7 Å². The first-order chi connectivity index (χ1) is 9.00. The van der Waals surface area contributed by atoms with Crippen molar-refractivity contribution in [2.45, 2.75) is 52.9 Å². The lowest BCUT2D eigenvalue weighted by molar-refractivity contribution is 0.0688. The standard InChI is InChI=1S/C18H30O/c1-6-7-13-16(15-11-9-8-10-12-15)17(14-19-5)18(2,3)4/h8-12,16-17H,6-7,13-14H2,1-5H3/t16-,17-/m1/s1. The topological polar surface area (TPSA) is 9.23 Å². The summed E-state index contributed by atoms with van der Waals surface area (Å²) in [6, 6.07) is 11.0. The molecule has 108 valence electrons. The third-order valence-corrected chi connectivity index (χ3v) is 4.04. The summed E-state index contributed by atoms with van der Waals surface area (Å²) in [7, 11) is 1.82. The van der Waals surface area contributed by atoms with Crippen LogP contribution < -0.4 is 0 Å². The molecule has 0 unspecified atom stereocenters. The van der Waals surface area contributed by atoms with E-state index in [9.17, 15) is 0 Å². The minimum Gasteiger partial charge on any atom is -0.384 e. The summed E-state index contributed by atoms with van der Waals surface area (Å²) in [6.07, 6.45) is 3.80. The van der Waals surface area contributed by atoms with Crippen LogP contribution in [0.3, 0.4) is 0 Å². The van der Waals surface area contributed by atoms with Crippen LogP contribution in [0.1, 0.15) is 58.4 Å². The summed E-state index contributed by atoms with van der Waals surface area (Å²) in [5, 5.41) is 0. The van der Waals surface area contributed by atoms with E-state index >= 15 is 0 Å². The fourth-order valence-electron chi connectivity index (χ4n) is 2.87. The van der Waals surface area contributed by atoms with Gasteiger partial charge in [-0.2, -0.15) is 0 Å². The molecule has 1 aromatic rings. The zero-order valence-corrected chi connectivity index (χ0v) is 13.3. The Morgan fingerprint density at radius 3 is 2.21 bits per heavy atom. The van der Waals surface area contributed by atoms with E-state index in [1.807, 2.05) is 7.11 Å². The smallest absolute Gasteiger partial charge is 0.0501 e. The van der Waals surface area contributed by atoms with Gasteiger partial charge >= 0.3 is 0 Å². The predicted molar refractivity (Wildman–Crippen MR) is 83.5 cm³/mol. The predicted octanol–water partition coefficient (Wildman–Crippen LogP) is 5.27. The minimum atomic E-state index is 0.268. The third-order valence-electron chi connectivity index (χ3n) is 4.04. The van der Waals surface area contributed by atoms with Crippen LogP contribution in [0, 0.1) is 11.3 Å². The van der Waals surface area contributed by atoms with Gasteiger partial charge in [-0.15, -0.1) is 0 Å². The summed E-state index contributed by atoms with van der Waals surface area (Å²) < 4.78 is 5.51. The Balaban J connectivity index is 2.99. The molecule has 0 aliphatic rings. The van der Waals surface area contributed by atoms with Gasteiger partial charge in [0, 0.05) is 7.11 Å². The highest BCUT2D eigenvalue weighted by atomic mass is 16.5. The molecule has 0 saturated heterocycles. The van der Waals surface area contributed by atoms with E-state index in [1.54, 1.807) is 0 Å². The van der Waals surface area contributed by atoms with E-state index in [-0.39, 0.29) is 5.41 Å². The molecule has 0 spiro atoms. The Morgan fingerprint density at radius 1 is 1.11 bits per heavy atom. The van der Waals surface area contributed by atoms with Gasteiger partial charge in [0.25, 0.3) is 0 Å². The molecular formula is C18H30O. The quantitative estimate of drug-likeness (QED) is 0.650. The molecule has 0 bridgehead atoms. The second kappa shape index (κ2) is 7.69. The molecule has 19 heavy (non-hydrogen) atoms. The molecule has 0 saturated carbocycles. The normalized spacial score (nSPS) is 15.2. The van der Waals surface area contributed by atoms with E-state index in [0.29, 0.717) is 11.8 Å². The lowest BCUT2D eigenvalue weighted by Gasteiger charge is -2.37. The van der Waals surface area contributed by atoms with E-state index in [0.717, 1.165) is 6.61 Å². The zero-order chi connectivity index (χ0) is 14.3. The molecule has 0 aliphatic carbocycles. The Morgan fingerprint density at radius 2 is 1.74 bits per heavy atom. The van der Waals surface area contributed by atoms with Crippen LogP contribution in [0.4, 0.5) is 0 Å². The van der Waals surface area contributed by atoms with Gasteiger partial charge in [-0.05, 0) is 29.2 Å². The maximum atomic E-state index is 5.51. The molecular weight excluding hydrogens is 232 g/mol. The van der Waals surface area contributed by atoms with Crippen molar-refractivity contribution in [1.82, 2.24) is 0 Å². The van der Waals surface area contributed by atoms with Gasteiger partial charge in [0.05, 0.1) is 6.61 Å². The first-order valence-corrected chi connectivity index (χ1v) is 7.54. The first kappa shape index (κ1) is 16.2. The maximum Gasteiger partial charge on any atom is 0.0501 e. The largest absolute Gasteiger partial charge is 0.384 e. The summed E-state index contributed by atoms with van der Waals surface area (Å²) in [5.74, 6) is 1.16. The molecule has 0 heterocycles. The highest BCUT2D eigenvalue weighted by Crippen LogP contribution is 2.40. The first-order valence-electron chi connectivity index (χ1n) is 7.54. The van der Waals surface area contributed by atoms with Crippen molar-refractivity contribution in [1.29, 1.82) is 0 Å². The molecule has 0 N–H and O–H groups in total. The number of unbranched alkanes of at least 4 members (excludes halogenated alkanes) is 1. The molecule has 0 aromatic heterocycles. The Kier molecular flexibility index (Phi) is 6.57. The summed E-state index contributed by atoms with van der Waals surface area (Å²) >= 11 is 0. The highest BCUT2D eigenvalue weighted by Gasteiger charge is 2.32. The fraction of sp³-hybridized carbons (Fsp3) is 0.667. The van der Waals surface area contributed by atoms with Crippen LogP contribution in [0.15, 0.2) is 30.3 Å². The van der Waals surface area contributed by atoms with E-state index in [2.05, 4.69) is 58.0 Å². The number of rotatable bonds is 7. The van der Waals surface area contributed by atoms with Gasteiger partial charge in [0.2, 0.25) is 0 Å². The van der Waals surface area contributed by atoms with Crippen molar-refractivity contribution < 1.29 is 4.74 Å². The van der Waals surface area contributed by atoms with Gasteiger partial charge in [0.1, 0.15) is 0 Å². The Hall–Kier alpha value is -0.820. The molecule has 0 aliphatic heterocycles. The second-order valence-corrected chi connectivity index (χ2v) is 6.59. The molecule has 1 nitrogen and oxygen atoms in total. The van der Waals surface area contributed by atoms with E-state index < -0.39 is 0 Å². The van der Waals surface area contributed by atoms with Crippen LogP contribution in [0.5, 0.6) is 0 Å². The molecule has 0 amide bonds. The third kappa shape index (κ3) is 4.99. The van der Waals surface area contributed by atoms with Gasteiger partial charge in [-0.1, -0.05) is 70.9 Å². The Labute approximate surface area is 119 Å². The average Bonchev–Trinajstić information content (AvgIpc) is 2.38. The van der Waals surface area contributed by atoms with Crippen LogP contribution in [0.25, 0.3) is 0 Å². The fourth-order valence-corrected chi connectivity index (χ4v) is 2.87. The Bertz CT molecular complexity index is 336. The molecule has 1 aromatic carbocycles. The SMILES string of the molecule is CCCC[C@H](c1ccccc1)[C@@H](COC)C(C)(C)C. The highest BCUT2D eigenvalue weighted by molar-refractivity contribution is 5.21. The minimum absolute atomic E-state index is 0.268. The number of hydrogen-bond acceptors (Lipinski definition) is 1. The molecule has 2 atom stereocenters. The lowest BCUT2D eigenvalue weighted by atomic mass is 9.69. The number of hydrogen-bond donors (Lipinski definition) is 0. The molecule has 0 fully saturated rings. The van der Waals surface area contributed by atoms with Gasteiger partial charge in [-0.3, -0.25) is 0 Å². The van der Waals surface area contributed by atoms with Gasteiger partial charge in [-0.25, -0.2) is 0 Å². The molecule has 1 heteroatoms. The maximum absolute atomic E-state index is 5.51. The number of ether oxygens (including phenoxy) is 1. The summed E-state index contributed by atoms with van der Waals surface area (Å²) in [6.45, 7) is 10.1. The zero-order valence-electron chi connectivity index (χ0n) is 13.3. The monoisotopic (exact) mass is 262 g/mol. The van der Waals surface area contributed by atoms with Gasteiger partial charge < -0.3 is 4.74 Å². The number of methoxy groups -OCH3 is 1. The van der Waals surface area contributed by atoms with Crippen LogP contribution in [-0.4, -0.2) is 13.7 Å². The summed E-state index contributed by atoms with van der Waals surface area (Å²) in [5.41, 5.74) is 1.73. The second-order valence-electron chi connectivity index (χ2n) is 6.59. The average molecular weight is 262 g/mol. The van der Waals surface area contributed by atoms with E-state index in [4.69, 9.17) is 4.74 Å². The van der Waals surface area contributed by atoms with Crippen molar-refractivity contribution in [3.05, 3.63) is 35.9 Å².